The van der Waals surface area contributed by atoms with Gasteiger partial charge in [0.25, 0.3) is 0 Å². The number of nitrogens with two attached hydrogens (primary N) is 1. The van der Waals surface area contributed by atoms with Gasteiger partial charge < -0.3 is 5.73 Å². The molecule has 0 saturated heterocycles. The number of rotatable bonds is 2. The monoisotopic (exact) mass is 216 g/mol. The molecule has 1 aliphatic carbocycles. The van der Waals surface area contributed by atoms with E-state index < -0.39 is 0 Å². The zero-order chi connectivity index (χ0) is 11.3. The van der Waals surface area contributed by atoms with E-state index in [1.54, 1.807) is 11.4 Å². The van der Waals surface area contributed by atoms with Crippen molar-refractivity contribution < 1.29 is 4.79 Å². The highest BCUT2D eigenvalue weighted by molar-refractivity contribution is 5.84. The summed E-state index contributed by atoms with van der Waals surface area (Å²) in [6.07, 6.45) is 3.10. The molecule has 0 atom stereocenters. The molecular weight excluding hydrogens is 204 g/mol. The van der Waals surface area contributed by atoms with Crippen molar-refractivity contribution in [3.8, 4) is 0 Å². The molecule has 0 spiro atoms. The minimum atomic E-state index is 0.379. The van der Waals surface area contributed by atoms with Crippen LogP contribution in [0, 0.1) is 6.92 Å². The highest BCUT2D eigenvalue weighted by Crippen LogP contribution is 2.39. The van der Waals surface area contributed by atoms with Crippen molar-refractivity contribution in [1.82, 2.24) is 14.6 Å². The van der Waals surface area contributed by atoms with Crippen molar-refractivity contribution >= 4 is 17.8 Å². The van der Waals surface area contributed by atoms with E-state index in [4.69, 9.17) is 5.73 Å². The van der Waals surface area contributed by atoms with E-state index >= 15 is 0 Å². The molecule has 16 heavy (non-hydrogen) atoms. The Morgan fingerprint density at radius 3 is 2.94 bits per heavy atom. The van der Waals surface area contributed by atoms with E-state index in [-0.39, 0.29) is 0 Å². The van der Waals surface area contributed by atoms with Crippen molar-refractivity contribution in [2.75, 3.05) is 5.73 Å². The van der Waals surface area contributed by atoms with E-state index in [1.165, 1.54) is 12.8 Å². The zero-order valence-corrected chi connectivity index (χ0v) is 8.97. The van der Waals surface area contributed by atoms with Gasteiger partial charge in [-0.25, -0.2) is 4.98 Å². The van der Waals surface area contributed by atoms with E-state index in [9.17, 15) is 4.79 Å². The molecule has 0 unspecified atom stereocenters. The van der Waals surface area contributed by atoms with Gasteiger partial charge in [-0.15, -0.1) is 0 Å². The highest BCUT2D eigenvalue weighted by atomic mass is 16.1. The molecule has 2 aromatic rings. The standard InChI is InChI=1S/C11H12N4O/c1-6-8(5-16)11(12)15-10(13-6)4-9(14-15)7-2-3-7/h4-5,7H,2-3,12H2,1H3. The summed E-state index contributed by atoms with van der Waals surface area (Å²) >= 11 is 0. The minimum Gasteiger partial charge on any atom is -0.383 e. The first-order valence-electron chi connectivity index (χ1n) is 5.31. The lowest BCUT2D eigenvalue weighted by molar-refractivity contribution is 0.112. The van der Waals surface area contributed by atoms with Gasteiger partial charge in [0.15, 0.2) is 11.9 Å². The predicted molar refractivity (Wildman–Crippen MR) is 59.5 cm³/mol. The van der Waals surface area contributed by atoms with Crippen LogP contribution >= 0.6 is 0 Å². The van der Waals surface area contributed by atoms with Crippen LogP contribution in [0.25, 0.3) is 5.65 Å². The molecule has 0 aliphatic heterocycles. The van der Waals surface area contributed by atoms with Crippen LogP contribution < -0.4 is 5.73 Å². The number of hydrogen-bond acceptors (Lipinski definition) is 4. The Hall–Kier alpha value is -1.91. The van der Waals surface area contributed by atoms with Crippen LogP contribution in [0.1, 0.15) is 40.5 Å². The van der Waals surface area contributed by atoms with Crippen LogP contribution in [0.2, 0.25) is 0 Å². The Morgan fingerprint density at radius 1 is 1.56 bits per heavy atom. The fourth-order valence-electron chi connectivity index (χ4n) is 1.90. The number of hydrogen-bond donors (Lipinski definition) is 1. The first-order chi connectivity index (χ1) is 7.70. The lowest BCUT2D eigenvalue weighted by Gasteiger charge is -2.04. The van der Waals surface area contributed by atoms with Crippen LogP contribution in [-0.2, 0) is 0 Å². The van der Waals surface area contributed by atoms with Crippen molar-refractivity contribution in [2.45, 2.75) is 25.7 Å². The second kappa shape index (κ2) is 3.04. The van der Waals surface area contributed by atoms with E-state index in [0.717, 1.165) is 17.6 Å². The quantitative estimate of drug-likeness (QED) is 0.768. The molecule has 1 fully saturated rings. The summed E-state index contributed by atoms with van der Waals surface area (Å²) in [5.41, 5.74) is 8.73. The highest BCUT2D eigenvalue weighted by Gasteiger charge is 2.27. The van der Waals surface area contributed by atoms with Gasteiger partial charge >= 0.3 is 0 Å². The van der Waals surface area contributed by atoms with E-state index in [2.05, 4.69) is 10.1 Å². The smallest absolute Gasteiger partial charge is 0.157 e. The first-order valence-corrected chi connectivity index (χ1v) is 5.31. The molecule has 3 rings (SSSR count). The Morgan fingerprint density at radius 2 is 2.31 bits per heavy atom. The maximum absolute atomic E-state index is 10.9. The van der Waals surface area contributed by atoms with Crippen molar-refractivity contribution in [1.29, 1.82) is 0 Å². The number of aldehydes is 1. The Bertz CT molecular complexity index is 583. The number of anilines is 1. The third kappa shape index (κ3) is 1.21. The number of nitrogens with zero attached hydrogens (tertiary/aromatic N) is 3. The van der Waals surface area contributed by atoms with Crippen molar-refractivity contribution in [3.63, 3.8) is 0 Å². The Balaban J connectivity index is 2.29. The molecule has 1 aliphatic rings. The van der Waals surface area contributed by atoms with Crippen LogP contribution in [0.4, 0.5) is 5.82 Å². The fourth-order valence-corrected chi connectivity index (χ4v) is 1.90. The van der Waals surface area contributed by atoms with Gasteiger partial charge in [0.2, 0.25) is 0 Å². The average molecular weight is 216 g/mol. The van der Waals surface area contributed by atoms with Gasteiger partial charge in [0.1, 0.15) is 5.82 Å². The predicted octanol–water partition coefficient (Wildman–Crippen LogP) is 1.31. The number of aromatic nitrogens is 3. The molecule has 1 saturated carbocycles. The van der Waals surface area contributed by atoms with Gasteiger partial charge in [0.05, 0.1) is 17.0 Å². The van der Waals surface area contributed by atoms with Crippen LogP contribution in [0.15, 0.2) is 6.07 Å². The largest absolute Gasteiger partial charge is 0.383 e. The molecule has 0 aromatic carbocycles. The molecule has 2 N–H and O–H groups in total. The summed E-state index contributed by atoms with van der Waals surface area (Å²) < 4.78 is 1.56. The van der Waals surface area contributed by atoms with Crippen LogP contribution in [-0.4, -0.2) is 20.9 Å². The maximum atomic E-state index is 10.9. The number of carbonyl (C=O) groups is 1. The van der Waals surface area contributed by atoms with Gasteiger partial charge in [-0.05, 0) is 19.8 Å². The average Bonchev–Trinajstić information content (AvgIpc) is 3.00. The fraction of sp³-hybridized carbons (Fsp3) is 0.364. The summed E-state index contributed by atoms with van der Waals surface area (Å²) in [5.74, 6) is 0.936. The number of nitrogen functional groups attached to an aromatic ring is 1. The topological polar surface area (TPSA) is 73.3 Å². The second-order valence-corrected chi connectivity index (χ2v) is 4.23. The maximum Gasteiger partial charge on any atom is 0.157 e. The van der Waals surface area contributed by atoms with Crippen LogP contribution in [0.3, 0.4) is 0 Å². The molecule has 0 amide bonds. The molecule has 5 heteroatoms. The SMILES string of the molecule is Cc1nc2cc(C3CC3)nn2c(N)c1C=O. The van der Waals surface area contributed by atoms with Crippen LogP contribution in [0.5, 0.6) is 0 Å². The van der Waals surface area contributed by atoms with Gasteiger partial charge in [0, 0.05) is 12.0 Å². The van der Waals surface area contributed by atoms with E-state index in [0.29, 0.717) is 23.0 Å². The van der Waals surface area contributed by atoms with Gasteiger partial charge in [-0.2, -0.15) is 9.61 Å². The molecule has 0 radical (unpaired) electrons. The lowest BCUT2D eigenvalue weighted by Crippen LogP contribution is -2.07. The summed E-state index contributed by atoms with van der Waals surface area (Å²) in [5, 5.41) is 4.39. The normalized spacial score (nSPS) is 15.6. The molecule has 0 bridgehead atoms. The molecule has 82 valence electrons. The summed E-state index contributed by atoms with van der Waals surface area (Å²) in [4.78, 5) is 15.2. The van der Waals surface area contributed by atoms with Crippen molar-refractivity contribution in [2.24, 2.45) is 0 Å². The summed E-state index contributed by atoms with van der Waals surface area (Å²) in [7, 11) is 0. The second-order valence-electron chi connectivity index (χ2n) is 4.23. The minimum absolute atomic E-state index is 0.379. The first kappa shape index (κ1) is 9.33. The number of fused-ring (bicyclic) bond motifs is 1. The van der Waals surface area contributed by atoms with Gasteiger partial charge in [-0.3, -0.25) is 4.79 Å². The third-order valence-electron chi connectivity index (χ3n) is 3.00. The zero-order valence-electron chi connectivity index (χ0n) is 8.97. The lowest BCUT2D eigenvalue weighted by atomic mass is 10.2. The number of carbonyl (C=O) groups excluding carboxylic acids is 1. The Kier molecular flexibility index (Phi) is 1.77. The summed E-state index contributed by atoms with van der Waals surface area (Å²) in [6, 6.07) is 1.95. The molecule has 2 aromatic heterocycles. The van der Waals surface area contributed by atoms with Crippen molar-refractivity contribution in [3.05, 3.63) is 23.0 Å². The van der Waals surface area contributed by atoms with Gasteiger partial charge in [-0.1, -0.05) is 0 Å². The molecule has 2 heterocycles. The van der Waals surface area contributed by atoms with E-state index in [1.807, 2.05) is 6.07 Å². The molecular formula is C11H12N4O. The summed E-state index contributed by atoms with van der Waals surface area (Å²) in [6.45, 7) is 1.78. The molecule has 5 nitrogen and oxygen atoms in total. The number of aryl methyl sites for hydroxylation is 1. The third-order valence-corrected chi connectivity index (χ3v) is 3.00. The Labute approximate surface area is 92.3 Å².